The number of rotatable bonds is 6. The zero-order chi connectivity index (χ0) is 18.2. The van der Waals surface area contributed by atoms with Crippen molar-refractivity contribution in [3.8, 4) is 5.75 Å². The number of esters is 1. The first-order valence-electron chi connectivity index (χ1n) is 7.43. The standard InChI is InChI=1S/C18H17ClN2O4/c1-12(18(23)21-16-9-6-14(19)11-20-16)25-17(22)10-5-13-3-7-15(24-2)8-4-13/h3-12H,1-2H3,(H,20,21,23)/b10-5+. The van der Waals surface area contributed by atoms with E-state index in [0.29, 0.717) is 10.8 Å². The largest absolute Gasteiger partial charge is 0.497 e. The molecule has 0 aliphatic heterocycles. The number of methoxy groups -OCH3 is 1. The number of amides is 1. The summed E-state index contributed by atoms with van der Waals surface area (Å²) in [6, 6.07) is 10.3. The Kier molecular flexibility index (Phi) is 6.54. The van der Waals surface area contributed by atoms with Gasteiger partial charge in [-0.05, 0) is 42.8 Å². The maximum Gasteiger partial charge on any atom is 0.331 e. The highest BCUT2D eigenvalue weighted by molar-refractivity contribution is 6.30. The maximum absolute atomic E-state index is 12.0. The number of aromatic nitrogens is 1. The van der Waals surface area contributed by atoms with Gasteiger partial charge in [-0.1, -0.05) is 23.7 Å². The van der Waals surface area contributed by atoms with E-state index in [-0.39, 0.29) is 0 Å². The molecule has 0 saturated heterocycles. The Morgan fingerprint density at radius 1 is 1.20 bits per heavy atom. The average Bonchev–Trinajstić information content (AvgIpc) is 2.62. The predicted octanol–water partition coefficient (Wildman–Crippen LogP) is 3.33. The summed E-state index contributed by atoms with van der Waals surface area (Å²) in [5.41, 5.74) is 0.806. The third-order valence-corrected chi connectivity index (χ3v) is 3.39. The van der Waals surface area contributed by atoms with Gasteiger partial charge in [0, 0.05) is 12.3 Å². The van der Waals surface area contributed by atoms with Gasteiger partial charge in [-0.2, -0.15) is 0 Å². The third kappa shape index (κ3) is 5.93. The fourth-order valence-corrected chi connectivity index (χ4v) is 1.94. The molecule has 0 aliphatic rings. The van der Waals surface area contributed by atoms with Gasteiger partial charge in [-0.15, -0.1) is 0 Å². The normalized spacial score (nSPS) is 11.8. The molecule has 0 fully saturated rings. The van der Waals surface area contributed by atoms with Gasteiger partial charge in [0.1, 0.15) is 11.6 Å². The summed E-state index contributed by atoms with van der Waals surface area (Å²) in [6.07, 6.45) is 3.29. The molecule has 1 aromatic heterocycles. The van der Waals surface area contributed by atoms with Crippen LogP contribution < -0.4 is 10.1 Å². The van der Waals surface area contributed by atoms with Crippen LogP contribution >= 0.6 is 11.6 Å². The summed E-state index contributed by atoms with van der Waals surface area (Å²) < 4.78 is 10.1. The minimum atomic E-state index is -0.967. The molecule has 1 heterocycles. The van der Waals surface area contributed by atoms with E-state index in [1.807, 2.05) is 0 Å². The lowest BCUT2D eigenvalue weighted by atomic mass is 10.2. The second-order valence-electron chi connectivity index (χ2n) is 5.04. The number of hydrogen-bond acceptors (Lipinski definition) is 5. The molecular formula is C18H17ClN2O4. The van der Waals surface area contributed by atoms with Gasteiger partial charge >= 0.3 is 5.97 Å². The van der Waals surface area contributed by atoms with Crippen LogP contribution in [0.3, 0.4) is 0 Å². The lowest BCUT2D eigenvalue weighted by Crippen LogP contribution is -2.29. The first-order chi connectivity index (χ1) is 12.0. The Labute approximate surface area is 150 Å². The first kappa shape index (κ1) is 18.5. The van der Waals surface area contributed by atoms with Crippen molar-refractivity contribution in [1.82, 2.24) is 4.98 Å². The minimum Gasteiger partial charge on any atom is -0.497 e. The first-order valence-corrected chi connectivity index (χ1v) is 7.81. The number of nitrogens with zero attached hydrogens (tertiary/aromatic N) is 1. The Hall–Kier alpha value is -2.86. The molecule has 0 radical (unpaired) electrons. The highest BCUT2D eigenvalue weighted by Crippen LogP contribution is 2.13. The summed E-state index contributed by atoms with van der Waals surface area (Å²) in [5, 5.41) is 3.00. The highest BCUT2D eigenvalue weighted by Gasteiger charge is 2.17. The number of halogens is 1. The SMILES string of the molecule is COc1ccc(/C=C/C(=O)OC(C)C(=O)Nc2ccc(Cl)cn2)cc1. The molecule has 2 aromatic rings. The van der Waals surface area contributed by atoms with E-state index in [2.05, 4.69) is 10.3 Å². The van der Waals surface area contributed by atoms with Crippen LogP contribution in [0.25, 0.3) is 6.08 Å². The molecular weight excluding hydrogens is 344 g/mol. The third-order valence-electron chi connectivity index (χ3n) is 3.17. The van der Waals surface area contributed by atoms with Crippen LogP contribution in [0.5, 0.6) is 5.75 Å². The molecule has 1 aromatic carbocycles. The van der Waals surface area contributed by atoms with Crippen LogP contribution in [0.4, 0.5) is 5.82 Å². The summed E-state index contributed by atoms with van der Waals surface area (Å²) in [6.45, 7) is 1.48. The van der Waals surface area contributed by atoms with Gasteiger partial charge < -0.3 is 14.8 Å². The molecule has 25 heavy (non-hydrogen) atoms. The van der Waals surface area contributed by atoms with Crippen LogP contribution in [0, 0.1) is 0 Å². The van der Waals surface area contributed by atoms with Crippen LogP contribution in [-0.2, 0) is 14.3 Å². The molecule has 130 valence electrons. The van der Waals surface area contributed by atoms with E-state index >= 15 is 0 Å². The zero-order valence-corrected chi connectivity index (χ0v) is 14.5. The number of nitrogens with one attached hydrogen (secondary N) is 1. The summed E-state index contributed by atoms with van der Waals surface area (Å²) >= 11 is 5.72. The Bertz CT molecular complexity index is 758. The van der Waals surface area contributed by atoms with E-state index in [0.717, 1.165) is 11.3 Å². The molecule has 1 N–H and O–H groups in total. The molecule has 1 unspecified atom stereocenters. The second kappa shape index (κ2) is 8.84. The highest BCUT2D eigenvalue weighted by atomic mass is 35.5. The molecule has 6 nitrogen and oxygen atoms in total. The lowest BCUT2D eigenvalue weighted by Gasteiger charge is -2.11. The second-order valence-corrected chi connectivity index (χ2v) is 5.47. The lowest BCUT2D eigenvalue weighted by molar-refractivity contribution is -0.148. The van der Waals surface area contributed by atoms with Crippen molar-refractivity contribution in [3.05, 3.63) is 59.3 Å². The van der Waals surface area contributed by atoms with Gasteiger partial charge in [0.2, 0.25) is 0 Å². The molecule has 0 aliphatic carbocycles. The van der Waals surface area contributed by atoms with Crippen molar-refractivity contribution >= 4 is 35.4 Å². The van der Waals surface area contributed by atoms with Crippen molar-refractivity contribution in [3.63, 3.8) is 0 Å². The zero-order valence-electron chi connectivity index (χ0n) is 13.7. The van der Waals surface area contributed by atoms with E-state index in [9.17, 15) is 9.59 Å². The van der Waals surface area contributed by atoms with Gasteiger partial charge in [-0.25, -0.2) is 9.78 Å². The van der Waals surface area contributed by atoms with Gasteiger partial charge in [-0.3, -0.25) is 4.79 Å². The van der Waals surface area contributed by atoms with Gasteiger partial charge in [0.05, 0.1) is 12.1 Å². The summed E-state index contributed by atoms with van der Waals surface area (Å²) in [5.74, 6) is -0.0598. The number of anilines is 1. The van der Waals surface area contributed by atoms with E-state index < -0.39 is 18.0 Å². The quantitative estimate of drug-likeness (QED) is 0.631. The summed E-state index contributed by atoms with van der Waals surface area (Å²) in [4.78, 5) is 27.7. The predicted molar refractivity (Wildman–Crippen MR) is 95.5 cm³/mol. The van der Waals surface area contributed by atoms with Crippen molar-refractivity contribution < 1.29 is 19.1 Å². The average molecular weight is 361 g/mol. The number of carbonyl (C=O) groups excluding carboxylic acids is 2. The Morgan fingerprint density at radius 2 is 1.92 bits per heavy atom. The van der Waals surface area contributed by atoms with E-state index in [1.165, 1.54) is 19.2 Å². The van der Waals surface area contributed by atoms with E-state index in [1.54, 1.807) is 49.6 Å². The Balaban J connectivity index is 1.86. The maximum atomic E-state index is 12.0. The summed E-state index contributed by atoms with van der Waals surface area (Å²) in [7, 11) is 1.58. The van der Waals surface area contributed by atoms with Crippen LogP contribution in [-0.4, -0.2) is 30.1 Å². The molecule has 1 amide bonds. The van der Waals surface area contributed by atoms with E-state index in [4.69, 9.17) is 21.1 Å². The molecule has 2 rings (SSSR count). The number of pyridine rings is 1. The number of ether oxygens (including phenoxy) is 2. The number of hydrogen-bond donors (Lipinski definition) is 1. The molecule has 0 spiro atoms. The Morgan fingerprint density at radius 3 is 2.52 bits per heavy atom. The van der Waals surface area contributed by atoms with Crippen LogP contribution in [0.2, 0.25) is 5.02 Å². The molecule has 1 atom stereocenters. The monoisotopic (exact) mass is 360 g/mol. The van der Waals surface area contributed by atoms with Crippen LogP contribution in [0.15, 0.2) is 48.7 Å². The number of carbonyl (C=O) groups is 2. The molecule has 0 bridgehead atoms. The van der Waals surface area contributed by atoms with Crippen molar-refractivity contribution in [1.29, 1.82) is 0 Å². The van der Waals surface area contributed by atoms with Gasteiger partial charge in [0.25, 0.3) is 5.91 Å². The van der Waals surface area contributed by atoms with Gasteiger partial charge in [0.15, 0.2) is 6.10 Å². The number of benzene rings is 1. The fourth-order valence-electron chi connectivity index (χ4n) is 1.82. The van der Waals surface area contributed by atoms with Crippen molar-refractivity contribution in [2.24, 2.45) is 0 Å². The minimum absolute atomic E-state index is 0.325. The topological polar surface area (TPSA) is 77.5 Å². The smallest absolute Gasteiger partial charge is 0.331 e. The molecule has 0 saturated carbocycles. The van der Waals surface area contributed by atoms with Crippen molar-refractivity contribution in [2.45, 2.75) is 13.0 Å². The van der Waals surface area contributed by atoms with Crippen molar-refractivity contribution in [2.75, 3.05) is 12.4 Å². The van der Waals surface area contributed by atoms with Crippen LogP contribution in [0.1, 0.15) is 12.5 Å². The molecule has 7 heteroatoms. The fraction of sp³-hybridized carbons (Fsp3) is 0.167.